The molecule has 3 nitrogen and oxygen atoms in total. The van der Waals surface area contributed by atoms with E-state index in [9.17, 15) is 5.11 Å². The maximum atomic E-state index is 10.3. The largest absolute Gasteiger partial charge is 0.496 e. The first-order valence-corrected chi connectivity index (χ1v) is 6.87. The molecule has 1 aliphatic heterocycles. The zero-order valence-corrected chi connectivity index (χ0v) is 12.6. The first-order valence-electron chi connectivity index (χ1n) is 7.05. The molecule has 0 aromatic carbocycles. The minimum atomic E-state index is -1.20. The molecule has 0 bridgehead atoms. The zero-order valence-electron chi connectivity index (χ0n) is 13.7. The van der Waals surface area contributed by atoms with E-state index < -0.39 is 23.9 Å². The Bertz CT molecular complexity index is 518. The molecule has 0 unspecified atom stereocenters. The van der Waals surface area contributed by atoms with Crippen LogP contribution >= 0.6 is 11.3 Å². The van der Waals surface area contributed by atoms with Crippen molar-refractivity contribution in [2.75, 3.05) is 0 Å². The highest BCUT2D eigenvalue weighted by Crippen LogP contribution is 2.37. The van der Waals surface area contributed by atoms with Crippen molar-refractivity contribution in [1.82, 2.24) is 0 Å². The molecule has 0 amide bonds. The van der Waals surface area contributed by atoms with Gasteiger partial charge in [0.2, 0.25) is 0 Å². The van der Waals surface area contributed by atoms with Gasteiger partial charge in [-0.1, -0.05) is 0 Å². The summed E-state index contributed by atoms with van der Waals surface area (Å²) in [4.78, 5) is 0. The van der Waals surface area contributed by atoms with Crippen molar-refractivity contribution in [1.29, 1.82) is 0 Å². The van der Waals surface area contributed by atoms with Crippen LogP contribution in [-0.4, -0.2) is 23.4 Å². The van der Waals surface area contributed by atoms with Gasteiger partial charge in [-0.25, -0.2) is 0 Å². The summed E-state index contributed by atoms with van der Waals surface area (Å²) < 4.78 is 27.9. The normalized spacial score (nSPS) is 24.1. The summed E-state index contributed by atoms with van der Waals surface area (Å²) in [6.45, 7) is 11.0. The number of hydrogen-bond acceptors (Lipinski definition) is 4. The summed E-state index contributed by atoms with van der Waals surface area (Å²) >= 11 is 1.02. The van der Waals surface area contributed by atoms with Gasteiger partial charge in [0, 0.05) is 0 Å². The van der Waals surface area contributed by atoms with E-state index in [2.05, 4.69) is 0 Å². The highest BCUT2D eigenvalue weighted by Gasteiger charge is 2.52. The number of hydrogen-bond donors (Lipinski definition) is 1. The Kier molecular flexibility index (Phi) is 2.59. The van der Waals surface area contributed by atoms with Gasteiger partial charge in [-0.15, -0.1) is 0 Å². The average Bonchev–Trinajstić information content (AvgIpc) is 2.60. The van der Waals surface area contributed by atoms with Crippen LogP contribution in [0.2, 0.25) is 0 Å². The van der Waals surface area contributed by atoms with Crippen LogP contribution in [0.5, 0.6) is 0 Å². The molecule has 0 aliphatic carbocycles. The maximum Gasteiger partial charge on any atom is 0.496 e. The molecular weight excluding hydrogens is 247 g/mol. The van der Waals surface area contributed by atoms with Gasteiger partial charge in [0.05, 0.1) is 19.5 Å². The topological polar surface area (TPSA) is 38.7 Å². The predicted molar refractivity (Wildman–Crippen MR) is 75.3 cm³/mol. The maximum absolute atomic E-state index is 10.3. The summed E-state index contributed by atoms with van der Waals surface area (Å²) in [7, 11) is -0.718. The van der Waals surface area contributed by atoms with Crippen molar-refractivity contribution in [3.05, 3.63) is 16.3 Å². The molecule has 2 heterocycles. The third-order valence-electron chi connectivity index (χ3n) is 3.68. The van der Waals surface area contributed by atoms with E-state index in [1.165, 1.54) is 0 Å². The van der Waals surface area contributed by atoms with Crippen LogP contribution in [0.15, 0.2) is 10.7 Å². The van der Waals surface area contributed by atoms with Gasteiger partial charge < -0.3 is 14.4 Å². The van der Waals surface area contributed by atoms with Crippen LogP contribution < -0.4 is 5.46 Å². The van der Waals surface area contributed by atoms with Gasteiger partial charge in [0.1, 0.15) is 0 Å². The summed E-state index contributed by atoms with van der Waals surface area (Å²) in [6, 6.07) is 0. The minimum absolute atomic E-state index is 0.187. The van der Waals surface area contributed by atoms with E-state index in [0.717, 1.165) is 11.3 Å². The molecule has 1 aromatic rings. The highest BCUT2D eigenvalue weighted by atomic mass is 32.1. The highest BCUT2D eigenvalue weighted by molar-refractivity contribution is 7.09. The molecule has 0 radical (unpaired) electrons. The van der Waals surface area contributed by atoms with E-state index in [1.54, 1.807) is 13.8 Å². The first-order chi connectivity index (χ1) is 8.87. The fourth-order valence-electron chi connectivity index (χ4n) is 1.82. The SMILES string of the molecule is [2H]c1sc([2H])c(C(C)(C)O)c1B1OC(C)(C)C(C)(C)O1. The van der Waals surface area contributed by atoms with E-state index in [-0.39, 0.29) is 10.7 Å². The molecule has 1 saturated heterocycles. The predicted octanol–water partition coefficient (Wildman–Crippen LogP) is 2.27. The summed E-state index contributed by atoms with van der Waals surface area (Å²) in [5.41, 5.74) is -1.32. The third kappa shape index (κ3) is 2.25. The van der Waals surface area contributed by atoms with E-state index in [0.29, 0.717) is 11.0 Å². The minimum Gasteiger partial charge on any atom is -0.399 e. The monoisotopic (exact) mass is 270 g/mol. The molecule has 0 spiro atoms. The fraction of sp³-hybridized carbons (Fsp3) is 0.692. The molecular formula is C13H21BO3S. The molecule has 1 aromatic heterocycles. The van der Waals surface area contributed by atoms with Crippen molar-refractivity contribution in [3.8, 4) is 0 Å². The molecule has 1 aliphatic rings. The smallest absolute Gasteiger partial charge is 0.399 e. The van der Waals surface area contributed by atoms with Gasteiger partial charge in [0.15, 0.2) is 0 Å². The molecule has 18 heavy (non-hydrogen) atoms. The Hall–Kier alpha value is -0.355. The van der Waals surface area contributed by atoms with Crippen molar-refractivity contribution >= 4 is 23.9 Å². The second-order valence-electron chi connectivity index (χ2n) is 6.24. The van der Waals surface area contributed by atoms with Crippen molar-refractivity contribution < 1.29 is 17.2 Å². The van der Waals surface area contributed by atoms with Gasteiger partial charge in [-0.05, 0) is 63.3 Å². The summed E-state index contributed by atoms with van der Waals surface area (Å²) in [5.74, 6) is 0. The lowest BCUT2D eigenvalue weighted by molar-refractivity contribution is 0.00578. The molecule has 100 valence electrons. The van der Waals surface area contributed by atoms with E-state index in [4.69, 9.17) is 12.1 Å². The van der Waals surface area contributed by atoms with Crippen molar-refractivity contribution in [3.63, 3.8) is 0 Å². The lowest BCUT2D eigenvalue weighted by Crippen LogP contribution is -2.41. The Balaban J connectivity index is 2.51. The number of rotatable bonds is 2. The van der Waals surface area contributed by atoms with E-state index in [1.807, 2.05) is 27.7 Å². The van der Waals surface area contributed by atoms with Crippen LogP contribution in [-0.2, 0) is 14.9 Å². The molecule has 5 heteroatoms. The van der Waals surface area contributed by atoms with Gasteiger partial charge in [-0.3, -0.25) is 0 Å². The van der Waals surface area contributed by atoms with Crippen LogP contribution in [0.3, 0.4) is 0 Å². The quantitative estimate of drug-likeness (QED) is 0.838. The second kappa shape index (κ2) is 4.07. The molecule has 1 N–H and O–H groups in total. The first kappa shape index (κ1) is 11.5. The van der Waals surface area contributed by atoms with Crippen LogP contribution in [0.4, 0.5) is 0 Å². The summed E-state index contributed by atoms with van der Waals surface area (Å²) in [5, 5.41) is 10.7. The van der Waals surface area contributed by atoms with Gasteiger partial charge >= 0.3 is 7.12 Å². The lowest BCUT2D eigenvalue weighted by atomic mass is 9.75. The molecule has 1 fully saturated rings. The van der Waals surface area contributed by atoms with Crippen LogP contribution in [0.1, 0.15) is 49.8 Å². The lowest BCUT2D eigenvalue weighted by Gasteiger charge is -2.32. The van der Waals surface area contributed by atoms with E-state index >= 15 is 0 Å². The van der Waals surface area contributed by atoms with Gasteiger partial charge in [0.25, 0.3) is 0 Å². The number of thiophene rings is 1. The number of aliphatic hydroxyl groups is 1. The Labute approximate surface area is 116 Å². The third-order valence-corrected chi connectivity index (χ3v) is 4.31. The van der Waals surface area contributed by atoms with Gasteiger partial charge in [-0.2, -0.15) is 11.3 Å². The Morgan fingerprint density at radius 3 is 2.17 bits per heavy atom. The zero-order chi connectivity index (χ0) is 15.5. The second-order valence-corrected chi connectivity index (χ2v) is 6.85. The Morgan fingerprint density at radius 1 is 1.22 bits per heavy atom. The summed E-state index contributed by atoms with van der Waals surface area (Å²) in [6.07, 6.45) is 0. The average molecular weight is 270 g/mol. The standard InChI is InChI=1S/C13H21BO3S/c1-11(2,15)9-7-18-8-10(9)14-16-12(3,4)13(5,6)17-14/h7-8,15H,1-6H3/i7D,8D. The van der Waals surface area contributed by atoms with Crippen LogP contribution in [0.25, 0.3) is 0 Å². The fourth-order valence-corrected chi connectivity index (χ4v) is 2.64. The van der Waals surface area contributed by atoms with Crippen molar-refractivity contribution in [2.24, 2.45) is 0 Å². The Morgan fingerprint density at radius 2 is 1.72 bits per heavy atom. The molecule has 2 rings (SSSR count). The van der Waals surface area contributed by atoms with Crippen LogP contribution in [0, 0.1) is 0 Å². The molecule has 0 atom stereocenters. The molecule has 0 saturated carbocycles. The van der Waals surface area contributed by atoms with Crippen molar-refractivity contribution in [2.45, 2.75) is 58.3 Å².